The van der Waals surface area contributed by atoms with Crippen molar-refractivity contribution in [2.45, 2.75) is 25.8 Å². The van der Waals surface area contributed by atoms with Crippen molar-refractivity contribution in [1.29, 1.82) is 0 Å². The van der Waals surface area contributed by atoms with E-state index in [0.29, 0.717) is 6.54 Å². The monoisotopic (exact) mass is 358 g/mol. The first-order valence-corrected chi connectivity index (χ1v) is 10.4. The minimum absolute atomic E-state index is 0.0107. The molecule has 0 N–H and O–H groups in total. The maximum Gasteiger partial charge on any atom is 0.224 e. The minimum atomic E-state index is -3.17. The summed E-state index contributed by atoms with van der Waals surface area (Å²) >= 11 is 0. The molecule has 1 unspecified atom stereocenters. The molecule has 0 spiro atoms. The zero-order chi connectivity index (χ0) is 18.0. The Hall–Kier alpha value is -2.21. The topological polar surface area (TPSA) is 67.3 Å². The van der Waals surface area contributed by atoms with Crippen LogP contribution in [0, 0.1) is 6.92 Å². The zero-order valence-corrected chi connectivity index (χ0v) is 15.3. The van der Waals surface area contributed by atoms with Crippen LogP contribution in [0.1, 0.15) is 34.7 Å². The van der Waals surface area contributed by atoms with Crippen LogP contribution >= 0.6 is 0 Å². The highest BCUT2D eigenvalue weighted by Crippen LogP contribution is 2.35. The normalized spacial score (nSPS) is 17.2. The lowest BCUT2D eigenvalue weighted by atomic mass is 9.87. The number of nitrogens with zero attached hydrogens (tertiary/aromatic N) is 2. The van der Waals surface area contributed by atoms with Crippen LogP contribution in [0.3, 0.4) is 0 Å². The van der Waals surface area contributed by atoms with Crippen molar-refractivity contribution in [2.75, 3.05) is 18.6 Å². The summed E-state index contributed by atoms with van der Waals surface area (Å²) in [6.07, 6.45) is 5.43. The van der Waals surface area contributed by atoms with Crippen molar-refractivity contribution in [1.82, 2.24) is 9.88 Å². The third kappa shape index (κ3) is 4.07. The second-order valence-corrected chi connectivity index (χ2v) is 8.87. The SMILES string of the molecule is Cc1ccc2c(c1)CCN(C(=O)CCS(C)(=O)=O)C2c1cccnc1. The summed E-state index contributed by atoms with van der Waals surface area (Å²) in [7, 11) is -3.17. The van der Waals surface area contributed by atoms with Crippen LogP contribution in [0.5, 0.6) is 0 Å². The Bertz CT molecular complexity index is 879. The van der Waals surface area contributed by atoms with E-state index in [1.165, 1.54) is 11.1 Å². The van der Waals surface area contributed by atoms with Gasteiger partial charge in [0.25, 0.3) is 0 Å². The van der Waals surface area contributed by atoms with E-state index in [1.807, 2.05) is 18.2 Å². The predicted octanol–water partition coefficient (Wildman–Crippen LogP) is 2.30. The van der Waals surface area contributed by atoms with E-state index in [4.69, 9.17) is 0 Å². The van der Waals surface area contributed by atoms with Crippen LogP contribution in [0.2, 0.25) is 0 Å². The molecule has 0 fully saturated rings. The van der Waals surface area contributed by atoms with E-state index in [0.717, 1.165) is 23.8 Å². The number of aryl methyl sites for hydroxylation is 1. The number of sulfone groups is 1. The second-order valence-electron chi connectivity index (χ2n) is 6.61. The van der Waals surface area contributed by atoms with Crippen LogP contribution in [0.4, 0.5) is 0 Å². The Morgan fingerprint density at radius 3 is 2.80 bits per heavy atom. The third-order valence-electron chi connectivity index (χ3n) is 4.53. The number of hydrogen-bond donors (Lipinski definition) is 0. The minimum Gasteiger partial charge on any atom is -0.331 e. The fourth-order valence-electron chi connectivity index (χ4n) is 3.34. The first-order valence-electron chi connectivity index (χ1n) is 8.32. The van der Waals surface area contributed by atoms with Gasteiger partial charge < -0.3 is 4.90 Å². The molecule has 132 valence electrons. The molecule has 1 amide bonds. The third-order valence-corrected chi connectivity index (χ3v) is 5.48. The first kappa shape index (κ1) is 17.6. The highest BCUT2D eigenvalue weighted by atomic mass is 32.2. The summed E-state index contributed by atoms with van der Waals surface area (Å²) in [6.45, 7) is 2.64. The van der Waals surface area contributed by atoms with Gasteiger partial charge in [-0.15, -0.1) is 0 Å². The van der Waals surface area contributed by atoms with Crippen LogP contribution in [0.15, 0.2) is 42.7 Å². The molecule has 0 aliphatic carbocycles. The molecule has 5 nitrogen and oxygen atoms in total. The van der Waals surface area contributed by atoms with Crippen molar-refractivity contribution in [3.8, 4) is 0 Å². The molecule has 2 heterocycles. The summed E-state index contributed by atoms with van der Waals surface area (Å²) in [4.78, 5) is 18.7. The highest BCUT2D eigenvalue weighted by molar-refractivity contribution is 7.90. The lowest BCUT2D eigenvalue weighted by molar-refractivity contribution is -0.132. The lowest BCUT2D eigenvalue weighted by Crippen LogP contribution is -2.41. The van der Waals surface area contributed by atoms with Crippen molar-refractivity contribution >= 4 is 15.7 Å². The summed E-state index contributed by atoms with van der Waals surface area (Å²) in [6, 6.07) is 9.88. The fourth-order valence-corrected chi connectivity index (χ4v) is 3.88. The van der Waals surface area contributed by atoms with Gasteiger partial charge in [-0.3, -0.25) is 9.78 Å². The summed E-state index contributed by atoms with van der Waals surface area (Å²) in [5.74, 6) is -0.256. The summed E-state index contributed by atoms with van der Waals surface area (Å²) in [5, 5.41) is 0. The second kappa shape index (κ2) is 6.96. The van der Waals surface area contributed by atoms with Crippen LogP contribution < -0.4 is 0 Å². The van der Waals surface area contributed by atoms with Gasteiger partial charge in [-0.1, -0.05) is 29.8 Å². The molecule has 6 heteroatoms. The molecular formula is C19H22N2O3S. The number of fused-ring (bicyclic) bond motifs is 1. The largest absolute Gasteiger partial charge is 0.331 e. The average Bonchev–Trinajstić information content (AvgIpc) is 2.58. The molecule has 1 aromatic heterocycles. The van der Waals surface area contributed by atoms with E-state index in [9.17, 15) is 13.2 Å². The number of rotatable bonds is 4. The van der Waals surface area contributed by atoms with Crippen molar-refractivity contribution in [3.05, 3.63) is 65.0 Å². The zero-order valence-electron chi connectivity index (χ0n) is 14.5. The number of carbonyl (C=O) groups is 1. The van der Waals surface area contributed by atoms with E-state index in [1.54, 1.807) is 17.3 Å². The van der Waals surface area contributed by atoms with Crippen molar-refractivity contribution in [2.24, 2.45) is 0 Å². The molecule has 1 aliphatic rings. The smallest absolute Gasteiger partial charge is 0.224 e. The van der Waals surface area contributed by atoms with Crippen molar-refractivity contribution in [3.63, 3.8) is 0 Å². The van der Waals surface area contributed by atoms with E-state index in [2.05, 4.69) is 24.0 Å². The molecule has 0 bridgehead atoms. The molecule has 25 heavy (non-hydrogen) atoms. The Kier molecular flexibility index (Phi) is 4.90. The van der Waals surface area contributed by atoms with E-state index >= 15 is 0 Å². The predicted molar refractivity (Wildman–Crippen MR) is 97.0 cm³/mol. The van der Waals surface area contributed by atoms with Gasteiger partial charge >= 0.3 is 0 Å². The number of hydrogen-bond acceptors (Lipinski definition) is 4. The van der Waals surface area contributed by atoms with Gasteiger partial charge in [-0.2, -0.15) is 0 Å². The highest BCUT2D eigenvalue weighted by Gasteiger charge is 2.32. The van der Waals surface area contributed by atoms with Gasteiger partial charge in [-0.05, 0) is 36.1 Å². The average molecular weight is 358 g/mol. The molecule has 1 atom stereocenters. The van der Waals surface area contributed by atoms with Crippen molar-refractivity contribution < 1.29 is 13.2 Å². The molecule has 1 aliphatic heterocycles. The molecule has 0 radical (unpaired) electrons. The van der Waals surface area contributed by atoms with Gasteiger partial charge in [-0.25, -0.2) is 8.42 Å². The summed E-state index contributed by atoms with van der Waals surface area (Å²) in [5.41, 5.74) is 4.47. The quantitative estimate of drug-likeness (QED) is 0.841. The van der Waals surface area contributed by atoms with Gasteiger partial charge in [0.2, 0.25) is 5.91 Å². The number of pyridine rings is 1. The van der Waals surface area contributed by atoms with E-state index in [-0.39, 0.29) is 24.1 Å². The molecule has 2 aromatic rings. The fraction of sp³-hybridized carbons (Fsp3) is 0.368. The number of amides is 1. The van der Waals surface area contributed by atoms with Gasteiger partial charge in [0, 0.05) is 31.6 Å². The standard InChI is InChI=1S/C19H22N2O3S/c1-14-5-6-17-15(12-14)7-10-21(18(22)8-11-25(2,23)24)19(17)16-4-3-9-20-13-16/h3-6,9,12-13,19H,7-8,10-11H2,1-2H3. The molecule has 1 aromatic carbocycles. The van der Waals surface area contributed by atoms with Gasteiger partial charge in [0.15, 0.2) is 0 Å². The maximum atomic E-state index is 12.7. The Balaban J connectivity index is 1.97. The molecular weight excluding hydrogens is 336 g/mol. The number of benzene rings is 1. The Morgan fingerprint density at radius 2 is 2.12 bits per heavy atom. The van der Waals surface area contributed by atoms with E-state index < -0.39 is 9.84 Å². The number of carbonyl (C=O) groups excluding carboxylic acids is 1. The Morgan fingerprint density at radius 1 is 1.32 bits per heavy atom. The molecule has 0 saturated heterocycles. The summed E-state index contributed by atoms with van der Waals surface area (Å²) < 4.78 is 22.9. The Labute approximate surface area is 148 Å². The lowest BCUT2D eigenvalue weighted by Gasteiger charge is -2.38. The number of aromatic nitrogens is 1. The first-order chi connectivity index (χ1) is 11.8. The van der Waals surface area contributed by atoms with Crippen LogP contribution in [-0.2, 0) is 21.1 Å². The van der Waals surface area contributed by atoms with Gasteiger partial charge in [0.05, 0.1) is 11.8 Å². The van der Waals surface area contributed by atoms with Crippen LogP contribution in [0.25, 0.3) is 0 Å². The van der Waals surface area contributed by atoms with Gasteiger partial charge in [0.1, 0.15) is 9.84 Å². The molecule has 3 rings (SSSR count). The maximum absolute atomic E-state index is 12.7. The van der Waals surface area contributed by atoms with Crippen LogP contribution in [-0.4, -0.2) is 42.8 Å². The molecule has 0 saturated carbocycles.